The predicted molar refractivity (Wildman–Crippen MR) is 178 cm³/mol. The molecule has 0 bridgehead atoms. The van der Waals surface area contributed by atoms with Gasteiger partial charge >= 0.3 is 0 Å². The molecule has 45 heavy (non-hydrogen) atoms. The van der Waals surface area contributed by atoms with E-state index in [9.17, 15) is 14.0 Å². The van der Waals surface area contributed by atoms with E-state index in [1.807, 2.05) is 75.4 Å². The fourth-order valence-electron chi connectivity index (χ4n) is 5.69. The molecule has 5 aromatic rings. The fraction of sp³-hybridized carbons (Fsp3) is 0.194. The quantitative estimate of drug-likeness (QED) is 0.192. The molecule has 9 heteroatoms. The zero-order valence-corrected chi connectivity index (χ0v) is 26.7. The minimum atomic E-state index is -0.682. The largest absolute Gasteiger partial charge is 0.488 e. The van der Waals surface area contributed by atoms with E-state index >= 15 is 0 Å². The topological polar surface area (TPSA) is 63.9 Å². The van der Waals surface area contributed by atoms with Gasteiger partial charge in [-0.05, 0) is 67.4 Å². The number of amides is 1. The summed E-state index contributed by atoms with van der Waals surface area (Å²) in [6.45, 7) is 6.76. The van der Waals surface area contributed by atoms with Crippen LogP contribution >= 0.6 is 22.9 Å². The van der Waals surface area contributed by atoms with Gasteiger partial charge in [0.05, 0.1) is 21.8 Å². The average Bonchev–Trinajstić information content (AvgIpc) is 3.35. The summed E-state index contributed by atoms with van der Waals surface area (Å²) in [5.74, 6) is 0.0137. The second-order valence-electron chi connectivity index (χ2n) is 10.7. The summed E-state index contributed by atoms with van der Waals surface area (Å²) < 4.78 is 22.6. The van der Waals surface area contributed by atoms with Gasteiger partial charge in [0.1, 0.15) is 18.2 Å². The Labute approximate surface area is 269 Å². The molecule has 0 aliphatic carbocycles. The highest BCUT2D eigenvalue weighted by molar-refractivity contribution is 7.07. The SMILES string of the molecule is CCN(CC)C(=O)C1=C(C)N=c2s/c(=C/c3c(OCc4ccccc4F)ccc4ccccc34)c(=O)n2[C@H]1c1ccc(Cl)cc1. The Morgan fingerprint density at radius 1 is 1.02 bits per heavy atom. The van der Waals surface area contributed by atoms with Gasteiger partial charge in [-0.1, -0.05) is 83.6 Å². The third-order valence-corrected chi connectivity index (χ3v) is 9.27. The first-order chi connectivity index (χ1) is 21.8. The van der Waals surface area contributed by atoms with Crippen LogP contribution < -0.4 is 19.6 Å². The van der Waals surface area contributed by atoms with Crippen molar-refractivity contribution >= 4 is 45.7 Å². The fourth-order valence-corrected chi connectivity index (χ4v) is 6.84. The maximum atomic E-state index is 14.4. The van der Waals surface area contributed by atoms with Gasteiger partial charge in [0.25, 0.3) is 11.5 Å². The van der Waals surface area contributed by atoms with E-state index in [1.165, 1.54) is 17.4 Å². The lowest BCUT2D eigenvalue weighted by Crippen LogP contribution is -2.43. The molecule has 0 N–H and O–H groups in total. The number of allylic oxidation sites excluding steroid dienone is 1. The Balaban J connectivity index is 1.54. The third-order valence-electron chi connectivity index (χ3n) is 8.04. The molecule has 228 valence electrons. The number of carbonyl (C=O) groups excluding carboxylic acids is 1. The Kier molecular flexibility index (Phi) is 8.70. The molecule has 4 aromatic carbocycles. The minimum absolute atomic E-state index is 0.0275. The Morgan fingerprint density at radius 2 is 1.73 bits per heavy atom. The van der Waals surface area contributed by atoms with Gasteiger partial charge in [0.2, 0.25) is 0 Å². The van der Waals surface area contributed by atoms with Crippen LogP contribution in [-0.2, 0) is 11.4 Å². The van der Waals surface area contributed by atoms with E-state index in [4.69, 9.17) is 21.3 Å². The molecule has 1 aliphatic rings. The number of thiazole rings is 1. The predicted octanol–water partition coefficient (Wildman–Crippen LogP) is 6.63. The molecular formula is C36H31ClFN3O3S. The number of hydrogen-bond acceptors (Lipinski definition) is 5. The molecule has 0 radical (unpaired) electrons. The first-order valence-corrected chi connectivity index (χ1v) is 15.9. The summed E-state index contributed by atoms with van der Waals surface area (Å²) in [7, 11) is 0. The number of fused-ring (bicyclic) bond motifs is 2. The van der Waals surface area contributed by atoms with E-state index in [2.05, 4.69) is 0 Å². The smallest absolute Gasteiger partial charge is 0.271 e. The molecule has 1 aromatic heterocycles. The second kappa shape index (κ2) is 12.8. The molecular weight excluding hydrogens is 609 g/mol. The van der Waals surface area contributed by atoms with Gasteiger partial charge in [-0.15, -0.1) is 0 Å². The lowest BCUT2D eigenvalue weighted by Gasteiger charge is -2.29. The van der Waals surface area contributed by atoms with E-state index in [0.717, 1.165) is 16.3 Å². The summed E-state index contributed by atoms with van der Waals surface area (Å²) in [6.07, 6.45) is 1.81. The molecule has 0 saturated heterocycles. The van der Waals surface area contributed by atoms with Gasteiger partial charge < -0.3 is 9.64 Å². The van der Waals surface area contributed by atoms with Crippen LogP contribution in [0.15, 0.2) is 106 Å². The van der Waals surface area contributed by atoms with Crippen molar-refractivity contribution in [3.63, 3.8) is 0 Å². The lowest BCUT2D eigenvalue weighted by molar-refractivity contribution is -0.127. The maximum absolute atomic E-state index is 14.4. The molecule has 2 heterocycles. The molecule has 0 saturated carbocycles. The van der Waals surface area contributed by atoms with Crippen molar-refractivity contribution in [3.8, 4) is 5.75 Å². The highest BCUT2D eigenvalue weighted by Gasteiger charge is 2.34. The lowest BCUT2D eigenvalue weighted by atomic mass is 9.94. The van der Waals surface area contributed by atoms with Crippen molar-refractivity contribution in [2.45, 2.75) is 33.4 Å². The van der Waals surface area contributed by atoms with Gasteiger partial charge in [-0.25, -0.2) is 9.38 Å². The number of ether oxygens (including phenoxy) is 1. The van der Waals surface area contributed by atoms with E-state index in [1.54, 1.807) is 39.8 Å². The molecule has 0 spiro atoms. The molecule has 0 fully saturated rings. The van der Waals surface area contributed by atoms with E-state index < -0.39 is 6.04 Å². The van der Waals surface area contributed by atoms with Crippen molar-refractivity contribution in [2.24, 2.45) is 4.99 Å². The molecule has 6 nitrogen and oxygen atoms in total. The van der Waals surface area contributed by atoms with Crippen molar-refractivity contribution < 1.29 is 13.9 Å². The summed E-state index contributed by atoms with van der Waals surface area (Å²) in [6, 6.07) is 24.6. The number of benzene rings is 4. The first kappa shape index (κ1) is 30.5. The minimum Gasteiger partial charge on any atom is -0.488 e. The second-order valence-corrected chi connectivity index (χ2v) is 12.1. The number of rotatable bonds is 8. The summed E-state index contributed by atoms with van der Waals surface area (Å²) in [4.78, 5) is 35.2. The maximum Gasteiger partial charge on any atom is 0.271 e. The van der Waals surface area contributed by atoms with Crippen LogP contribution in [-0.4, -0.2) is 28.5 Å². The number of nitrogens with zero attached hydrogens (tertiary/aromatic N) is 3. The highest BCUT2D eigenvalue weighted by Crippen LogP contribution is 2.33. The number of aromatic nitrogens is 1. The highest BCUT2D eigenvalue weighted by atomic mass is 35.5. The van der Waals surface area contributed by atoms with E-state index in [-0.39, 0.29) is 23.9 Å². The van der Waals surface area contributed by atoms with Gasteiger partial charge in [-0.3, -0.25) is 14.2 Å². The number of likely N-dealkylation sites (N-methyl/N-ethyl adjacent to an activating group) is 1. The third kappa shape index (κ3) is 5.83. The zero-order valence-electron chi connectivity index (χ0n) is 25.1. The number of carbonyl (C=O) groups is 1. The Hall–Kier alpha value is -4.53. The molecule has 1 amide bonds. The van der Waals surface area contributed by atoms with Crippen LogP contribution in [0.3, 0.4) is 0 Å². The summed E-state index contributed by atoms with van der Waals surface area (Å²) in [5, 5.41) is 2.41. The zero-order chi connectivity index (χ0) is 31.7. The summed E-state index contributed by atoms with van der Waals surface area (Å²) in [5.41, 5.74) is 2.64. The van der Waals surface area contributed by atoms with Crippen LogP contribution in [0.1, 0.15) is 43.5 Å². The molecule has 6 rings (SSSR count). The van der Waals surface area contributed by atoms with Crippen LogP contribution in [0.4, 0.5) is 4.39 Å². The monoisotopic (exact) mass is 639 g/mol. The standard InChI is InChI=1S/C36H31ClFN3O3S/c1-4-40(5-2)35(43)32-22(3)39-36-41(33(32)24-14-17-26(37)18-15-24)34(42)31(45-36)20-28-27-12-8-6-10-23(27)16-19-30(28)44-21-25-11-7-9-13-29(25)38/h6-20,33H,4-5,21H2,1-3H3/b31-20+/t33-/m0/s1. The Bertz CT molecular complexity index is 2130. The van der Waals surface area contributed by atoms with Crippen LogP contribution in [0, 0.1) is 5.82 Å². The first-order valence-electron chi connectivity index (χ1n) is 14.8. The number of halogens is 2. The molecule has 1 atom stereocenters. The van der Waals surface area contributed by atoms with Gasteiger partial charge in [0.15, 0.2) is 4.80 Å². The van der Waals surface area contributed by atoms with Gasteiger partial charge in [0, 0.05) is 29.2 Å². The van der Waals surface area contributed by atoms with Crippen molar-refractivity contribution in [1.82, 2.24) is 9.47 Å². The molecule has 0 unspecified atom stereocenters. The van der Waals surface area contributed by atoms with Crippen molar-refractivity contribution in [1.29, 1.82) is 0 Å². The Morgan fingerprint density at radius 3 is 2.47 bits per heavy atom. The van der Waals surface area contributed by atoms with Crippen LogP contribution in [0.5, 0.6) is 5.75 Å². The van der Waals surface area contributed by atoms with Crippen LogP contribution in [0.2, 0.25) is 5.02 Å². The normalized spacial score (nSPS) is 14.8. The van der Waals surface area contributed by atoms with Crippen molar-refractivity contribution in [3.05, 3.63) is 143 Å². The summed E-state index contributed by atoms with van der Waals surface area (Å²) >= 11 is 7.48. The molecule has 1 aliphatic heterocycles. The van der Waals surface area contributed by atoms with Crippen molar-refractivity contribution in [2.75, 3.05) is 13.1 Å². The average molecular weight is 640 g/mol. The van der Waals surface area contributed by atoms with E-state index in [0.29, 0.717) is 55.6 Å². The van der Waals surface area contributed by atoms with Gasteiger partial charge in [-0.2, -0.15) is 0 Å². The number of hydrogen-bond donors (Lipinski definition) is 0. The van der Waals surface area contributed by atoms with Crippen LogP contribution in [0.25, 0.3) is 16.8 Å².